The fraction of sp³-hybridized carbons (Fsp3) is 0.0833. The van der Waals surface area contributed by atoms with Gasteiger partial charge in [0.25, 0.3) is 0 Å². The van der Waals surface area contributed by atoms with Gasteiger partial charge in [0.05, 0.1) is 15.9 Å². The summed E-state index contributed by atoms with van der Waals surface area (Å²) in [6.07, 6.45) is 0. The fourth-order valence-corrected chi connectivity index (χ4v) is 5.25. The standard InChI is InChI=1S/C24H20N4O2S/c1-15-10-12-18(13-11-15)31(29,30)22-21-24(27-20-9-4-3-8-19(20)26-21)28(23(22)25)17-7-5-6-16(2)14-17/h3-14H,25H2,1-2H3. The number of nitrogens with two attached hydrogens (primary N) is 1. The molecule has 0 amide bonds. The lowest BCUT2D eigenvalue weighted by Gasteiger charge is -2.09. The minimum atomic E-state index is -3.93. The molecule has 0 unspecified atom stereocenters. The van der Waals surface area contributed by atoms with Crippen LogP contribution in [-0.4, -0.2) is 23.0 Å². The number of aromatic nitrogens is 3. The molecule has 3 aromatic carbocycles. The molecule has 0 spiro atoms. The van der Waals surface area contributed by atoms with E-state index >= 15 is 0 Å². The Morgan fingerprint density at radius 3 is 2.16 bits per heavy atom. The number of nitrogens with zero attached hydrogens (tertiary/aromatic N) is 3. The number of benzene rings is 3. The first-order valence-electron chi connectivity index (χ1n) is 9.82. The van der Waals surface area contributed by atoms with Gasteiger partial charge in [-0.2, -0.15) is 0 Å². The van der Waals surface area contributed by atoms with Crippen LogP contribution < -0.4 is 5.73 Å². The van der Waals surface area contributed by atoms with Gasteiger partial charge in [0, 0.05) is 5.69 Å². The summed E-state index contributed by atoms with van der Waals surface area (Å²) in [6.45, 7) is 3.88. The van der Waals surface area contributed by atoms with E-state index in [1.807, 2.05) is 62.4 Å². The van der Waals surface area contributed by atoms with Gasteiger partial charge in [-0.1, -0.05) is 42.0 Å². The molecule has 0 atom stereocenters. The smallest absolute Gasteiger partial charge is 0.212 e. The van der Waals surface area contributed by atoms with Gasteiger partial charge in [0.15, 0.2) is 5.65 Å². The molecule has 2 N–H and O–H groups in total. The maximum Gasteiger partial charge on any atom is 0.212 e. The number of nitrogen functional groups attached to an aromatic ring is 1. The molecule has 5 rings (SSSR count). The van der Waals surface area contributed by atoms with E-state index in [2.05, 4.69) is 4.98 Å². The number of rotatable bonds is 3. The summed E-state index contributed by atoms with van der Waals surface area (Å²) in [5.74, 6) is 0.0940. The number of fused-ring (bicyclic) bond motifs is 2. The normalized spacial score (nSPS) is 11.9. The van der Waals surface area contributed by atoms with E-state index < -0.39 is 9.84 Å². The quantitative estimate of drug-likeness (QED) is 0.453. The van der Waals surface area contributed by atoms with Crippen LogP contribution in [0.1, 0.15) is 11.1 Å². The number of sulfone groups is 1. The van der Waals surface area contributed by atoms with Crippen molar-refractivity contribution in [3.05, 3.63) is 83.9 Å². The molecule has 2 heterocycles. The highest BCUT2D eigenvalue weighted by Gasteiger charge is 2.30. The Morgan fingerprint density at radius 1 is 0.806 bits per heavy atom. The Morgan fingerprint density at radius 2 is 1.48 bits per heavy atom. The first-order chi connectivity index (χ1) is 14.9. The molecule has 31 heavy (non-hydrogen) atoms. The Balaban J connectivity index is 1.91. The molecule has 0 saturated carbocycles. The fourth-order valence-electron chi connectivity index (χ4n) is 3.76. The summed E-state index contributed by atoms with van der Waals surface area (Å²) in [4.78, 5) is 9.56. The minimum absolute atomic E-state index is 0.0221. The van der Waals surface area contributed by atoms with Crippen molar-refractivity contribution in [2.45, 2.75) is 23.6 Å². The second kappa shape index (κ2) is 6.92. The molecular formula is C24H20N4O2S. The van der Waals surface area contributed by atoms with Crippen molar-refractivity contribution in [1.82, 2.24) is 14.5 Å². The molecule has 154 valence electrons. The van der Waals surface area contributed by atoms with Gasteiger partial charge in [-0.25, -0.2) is 18.4 Å². The molecule has 0 saturated heterocycles. The third-order valence-electron chi connectivity index (χ3n) is 5.31. The van der Waals surface area contributed by atoms with Crippen molar-refractivity contribution < 1.29 is 8.42 Å². The number of hydrogen-bond acceptors (Lipinski definition) is 5. The van der Waals surface area contributed by atoms with Crippen LogP contribution in [0, 0.1) is 13.8 Å². The van der Waals surface area contributed by atoms with E-state index in [0.717, 1.165) is 16.8 Å². The zero-order valence-electron chi connectivity index (χ0n) is 17.1. The zero-order valence-corrected chi connectivity index (χ0v) is 17.9. The highest BCUT2D eigenvalue weighted by atomic mass is 32.2. The average Bonchev–Trinajstić information content (AvgIpc) is 3.03. The topological polar surface area (TPSA) is 90.9 Å². The SMILES string of the molecule is Cc1ccc(S(=O)(=O)c2c(N)n(-c3cccc(C)c3)c3nc4ccccc4nc23)cc1. The van der Waals surface area contributed by atoms with Gasteiger partial charge in [-0.05, 0) is 55.8 Å². The van der Waals surface area contributed by atoms with Crippen LogP contribution >= 0.6 is 0 Å². The van der Waals surface area contributed by atoms with Crippen molar-refractivity contribution in [3.8, 4) is 5.69 Å². The van der Waals surface area contributed by atoms with Crippen LogP contribution in [0.25, 0.3) is 27.9 Å². The molecular weight excluding hydrogens is 408 g/mol. The van der Waals surface area contributed by atoms with Crippen molar-refractivity contribution in [3.63, 3.8) is 0 Å². The highest BCUT2D eigenvalue weighted by molar-refractivity contribution is 7.92. The minimum Gasteiger partial charge on any atom is -0.384 e. The first kappa shape index (κ1) is 19.3. The highest BCUT2D eigenvalue weighted by Crippen LogP contribution is 2.37. The van der Waals surface area contributed by atoms with Crippen LogP contribution in [-0.2, 0) is 9.84 Å². The first-order valence-corrected chi connectivity index (χ1v) is 11.3. The van der Waals surface area contributed by atoms with Gasteiger partial charge in [0.1, 0.15) is 16.2 Å². The zero-order chi connectivity index (χ0) is 21.8. The number of aryl methyl sites for hydroxylation is 2. The molecule has 7 heteroatoms. The van der Waals surface area contributed by atoms with Gasteiger partial charge < -0.3 is 5.73 Å². The second-order valence-corrected chi connectivity index (χ2v) is 9.48. The molecule has 0 aliphatic carbocycles. The monoisotopic (exact) mass is 428 g/mol. The lowest BCUT2D eigenvalue weighted by Crippen LogP contribution is -2.07. The molecule has 2 aromatic heterocycles. The van der Waals surface area contributed by atoms with Crippen LogP contribution in [0.2, 0.25) is 0 Å². The Hall–Kier alpha value is -3.71. The lowest BCUT2D eigenvalue weighted by atomic mass is 10.2. The van der Waals surface area contributed by atoms with Crippen LogP contribution in [0.15, 0.2) is 82.6 Å². The summed E-state index contributed by atoms with van der Waals surface area (Å²) in [6, 6.07) is 21.8. The predicted molar refractivity (Wildman–Crippen MR) is 122 cm³/mol. The predicted octanol–water partition coefficient (Wildman–Crippen LogP) is 4.61. The third kappa shape index (κ3) is 3.05. The Labute approximate surface area is 179 Å². The van der Waals surface area contributed by atoms with Gasteiger partial charge in [-0.15, -0.1) is 0 Å². The summed E-state index contributed by atoms with van der Waals surface area (Å²) in [5, 5.41) is 0. The van der Waals surface area contributed by atoms with Crippen molar-refractivity contribution in [2.75, 3.05) is 5.73 Å². The summed E-state index contributed by atoms with van der Waals surface area (Å²) in [7, 11) is -3.93. The number of para-hydroxylation sites is 2. The van der Waals surface area contributed by atoms with Crippen molar-refractivity contribution in [1.29, 1.82) is 0 Å². The summed E-state index contributed by atoms with van der Waals surface area (Å²) >= 11 is 0. The molecule has 0 radical (unpaired) electrons. The van der Waals surface area contributed by atoms with E-state index in [1.54, 1.807) is 28.8 Å². The molecule has 0 fully saturated rings. The second-order valence-electron chi connectivity index (χ2n) is 7.59. The van der Waals surface area contributed by atoms with Gasteiger partial charge in [-0.3, -0.25) is 4.57 Å². The molecule has 5 aromatic rings. The molecule has 0 aliphatic heterocycles. The molecule has 6 nitrogen and oxygen atoms in total. The molecule has 0 aliphatic rings. The van der Waals surface area contributed by atoms with E-state index in [9.17, 15) is 8.42 Å². The number of hydrogen-bond donors (Lipinski definition) is 1. The maximum atomic E-state index is 13.7. The van der Waals surface area contributed by atoms with Gasteiger partial charge in [0.2, 0.25) is 9.84 Å². The van der Waals surface area contributed by atoms with Crippen molar-refractivity contribution in [2.24, 2.45) is 0 Å². The van der Waals surface area contributed by atoms with Crippen molar-refractivity contribution >= 4 is 37.9 Å². The maximum absolute atomic E-state index is 13.7. The third-order valence-corrected chi connectivity index (χ3v) is 7.15. The van der Waals surface area contributed by atoms with Crippen LogP contribution in [0.3, 0.4) is 0 Å². The summed E-state index contributed by atoms with van der Waals surface area (Å²) < 4.78 is 29.0. The molecule has 0 bridgehead atoms. The Bertz CT molecular complexity index is 1570. The lowest BCUT2D eigenvalue weighted by molar-refractivity contribution is 0.597. The summed E-state index contributed by atoms with van der Waals surface area (Å²) in [5.41, 5.74) is 11.2. The van der Waals surface area contributed by atoms with E-state index in [0.29, 0.717) is 16.7 Å². The van der Waals surface area contributed by atoms with E-state index in [1.165, 1.54) is 0 Å². The number of anilines is 1. The average molecular weight is 429 g/mol. The van der Waals surface area contributed by atoms with E-state index in [-0.39, 0.29) is 21.1 Å². The van der Waals surface area contributed by atoms with Crippen LogP contribution in [0.5, 0.6) is 0 Å². The van der Waals surface area contributed by atoms with E-state index in [4.69, 9.17) is 10.7 Å². The van der Waals surface area contributed by atoms with Gasteiger partial charge >= 0.3 is 0 Å². The largest absolute Gasteiger partial charge is 0.384 e. The van der Waals surface area contributed by atoms with Crippen LogP contribution in [0.4, 0.5) is 5.82 Å². The Kier molecular flexibility index (Phi) is 4.30.